The number of nitrogens with one attached hydrogen (secondary N) is 2. The van der Waals surface area contributed by atoms with Crippen molar-refractivity contribution < 1.29 is 9.53 Å². The van der Waals surface area contributed by atoms with E-state index in [-0.39, 0.29) is 5.91 Å². The summed E-state index contributed by atoms with van der Waals surface area (Å²) in [6.07, 6.45) is 2.20. The molecule has 0 fully saturated rings. The fourth-order valence-corrected chi connectivity index (χ4v) is 5.80. The molecule has 0 bridgehead atoms. The average Bonchev–Trinajstić information content (AvgIpc) is 3.36. The number of benzene rings is 3. The third kappa shape index (κ3) is 6.33. The second-order valence-corrected chi connectivity index (χ2v) is 11.5. The molecule has 212 valence electrons. The molecule has 2 N–H and O–H groups in total. The molecule has 41 heavy (non-hydrogen) atoms. The van der Waals surface area contributed by atoms with Crippen molar-refractivity contribution in [1.29, 1.82) is 0 Å². The van der Waals surface area contributed by atoms with E-state index in [0.29, 0.717) is 23.3 Å². The highest BCUT2D eigenvalue weighted by molar-refractivity contribution is 7.99. The van der Waals surface area contributed by atoms with E-state index in [1.54, 1.807) is 11.8 Å². The van der Waals surface area contributed by atoms with Gasteiger partial charge in [-0.3, -0.25) is 4.79 Å². The first-order valence-corrected chi connectivity index (χ1v) is 15.1. The molecule has 0 aliphatic carbocycles. The van der Waals surface area contributed by atoms with Gasteiger partial charge >= 0.3 is 0 Å². The van der Waals surface area contributed by atoms with Crippen LogP contribution < -0.4 is 15.4 Å². The van der Waals surface area contributed by atoms with E-state index in [2.05, 4.69) is 36.6 Å². The van der Waals surface area contributed by atoms with E-state index in [4.69, 9.17) is 14.8 Å². The van der Waals surface area contributed by atoms with Crippen LogP contribution in [0.4, 0.5) is 11.6 Å². The lowest BCUT2D eigenvalue weighted by molar-refractivity contribution is -0.113. The summed E-state index contributed by atoms with van der Waals surface area (Å²) < 4.78 is 8.06. The van der Waals surface area contributed by atoms with Gasteiger partial charge in [0.05, 0.1) is 5.57 Å². The third-order valence-electron chi connectivity index (χ3n) is 7.49. The molecule has 1 aromatic heterocycles. The quantitative estimate of drug-likeness (QED) is 0.152. The summed E-state index contributed by atoms with van der Waals surface area (Å²) in [5, 5.41) is 12.1. The van der Waals surface area contributed by atoms with E-state index in [0.717, 1.165) is 58.0 Å². The summed E-state index contributed by atoms with van der Waals surface area (Å²) in [6.45, 7) is 10.7. The number of rotatable bonds is 10. The van der Waals surface area contributed by atoms with Crippen molar-refractivity contribution in [2.24, 2.45) is 0 Å². The SMILES string of the molecule is CCCCSc1nc2n(n1)C(c1cccc(OCc3ccccc3C)c1)C(C(=O)Nc1cccc(C)c1C)=C(C)N2. The zero-order chi connectivity index (χ0) is 28.9. The minimum Gasteiger partial charge on any atom is -0.489 e. The number of nitrogens with zero attached hydrogens (tertiary/aromatic N) is 3. The zero-order valence-electron chi connectivity index (χ0n) is 24.3. The van der Waals surface area contributed by atoms with Gasteiger partial charge < -0.3 is 15.4 Å². The van der Waals surface area contributed by atoms with Crippen LogP contribution >= 0.6 is 11.8 Å². The van der Waals surface area contributed by atoms with Crippen LogP contribution in [0.15, 0.2) is 83.2 Å². The number of unbranched alkanes of at least 4 members (excludes halogenated alkanes) is 1. The highest BCUT2D eigenvalue weighted by Crippen LogP contribution is 2.38. The van der Waals surface area contributed by atoms with Gasteiger partial charge in [0.1, 0.15) is 18.4 Å². The van der Waals surface area contributed by atoms with Crippen LogP contribution in [0.5, 0.6) is 5.75 Å². The molecule has 0 radical (unpaired) electrons. The lowest BCUT2D eigenvalue weighted by Crippen LogP contribution is -2.31. The number of aromatic nitrogens is 3. The van der Waals surface area contributed by atoms with Gasteiger partial charge in [-0.1, -0.05) is 73.6 Å². The number of aryl methyl sites for hydroxylation is 2. The van der Waals surface area contributed by atoms with Crippen LogP contribution in [0.3, 0.4) is 0 Å². The van der Waals surface area contributed by atoms with Crippen molar-refractivity contribution in [2.75, 3.05) is 16.4 Å². The first-order valence-electron chi connectivity index (χ1n) is 14.1. The van der Waals surface area contributed by atoms with Gasteiger partial charge in [0.2, 0.25) is 11.1 Å². The van der Waals surface area contributed by atoms with Crippen molar-refractivity contribution in [3.05, 3.63) is 106 Å². The van der Waals surface area contributed by atoms with Crippen molar-refractivity contribution in [2.45, 2.75) is 65.3 Å². The van der Waals surface area contributed by atoms with Crippen LogP contribution in [0, 0.1) is 20.8 Å². The first-order chi connectivity index (χ1) is 19.9. The van der Waals surface area contributed by atoms with Crippen LogP contribution in [-0.4, -0.2) is 26.4 Å². The second-order valence-electron chi connectivity index (χ2n) is 10.4. The Morgan fingerprint density at radius 2 is 1.80 bits per heavy atom. The zero-order valence-corrected chi connectivity index (χ0v) is 25.1. The first kappa shape index (κ1) is 28.5. The van der Waals surface area contributed by atoms with Gasteiger partial charge in [0, 0.05) is 17.1 Å². The lowest BCUT2D eigenvalue weighted by atomic mass is 9.94. The Morgan fingerprint density at radius 1 is 1.02 bits per heavy atom. The fourth-order valence-electron chi connectivity index (χ4n) is 4.89. The maximum atomic E-state index is 14.0. The standard InChI is InChI=1S/C33H37N5O2S/c1-6-7-18-41-33-36-32-34-24(5)29(31(39)35-28-17-10-13-21(2)23(28)4)30(38(32)37-33)25-15-11-16-27(19-25)40-20-26-14-9-8-12-22(26)3/h8-17,19,30H,6-7,18,20H2,1-5H3,(H,35,39)(H,34,36,37). The van der Waals surface area contributed by atoms with Crippen LogP contribution in [0.1, 0.15) is 60.5 Å². The Balaban J connectivity index is 1.50. The molecular formula is C33H37N5O2S. The average molecular weight is 568 g/mol. The highest BCUT2D eigenvalue weighted by Gasteiger charge is 2.35. The molecule has 7 nitrogen and oxygen atoms in total. The number of hydrogen-bond donors (Lipinski definition) is 2. The van der Waals surface area contributed by atoms with Crippen LogP contribution in [-0.2, 0) is 11.4 Å². The summed E-state index contributed by atoms with van der Waals surface area (Å²) in [5.74, 6) is 2.12. The van der Waals surface area contributed by atoms with Crippen LogP contribution in [0.25, 0.3) is 0 Å². The number of amides is 1. The summed E-state index contributed by atoms with van der Waals surface area (Å²) in [4.78, 5) is 18.7. The van der Waals surface area contributed by atoms with Gasteiger partial charge in [-0.2, -0.15) is 4.98 Å². The monoisotopic (exact) mass is 567 g/mol. The Kier molecular flexibility index (Phi) is 8.78. The van der Waals surface area contributed by atoms with Gasteiger partial charge in [-0.25, -0.2) is 4.68 Å². The summed E-state index contributed by atoms with van der Waals surface area (Å²) in [6, 6.07) is 21.6. The second kappa shape index (κ2) is 12.6. The summed E-state index contributed by atoms with van der Waals surface area (Å²) in [7, 11) is 0. The van der Waals surface area contributed by atoms with Crippen molar-refractivity contribution in [3.8, 4) is 5.75 Å². The van der Waals surface area contributed by atoms with E-state index < -0.39 is 6.04 Å². The number of anilines is 2. The van der Waals surface area contributed by atoms with E-state index >= 15 is 0 Å². The Bertz CT molecular complexity index is 1590. The number of fused-ring (bicyclic) bond motifs is 1. The molecule has 0 saturated carbocycles. The molecule has 1 aliphatic heterocycles. The minimum absolute atomic E-state index is 0.179. The predicted molar refractivity (Wildman–Crippen MR) is 167 cm³/mol. The maximum Gasteiger partial charge on any atom is 0.255 e. The van der Waals surface area contributed by atoms with Gasteiger partial charge in [-0.05, 0) is 80.1 Å². The molecule has 1 unspecified atom stereocenters. The maximum absolute atomic E-state index is 14.0. The summed E-state index contributed by atoms with van der Waals surface area (Å²) in [5.41, 5.74) is 7.51. The number of thioether (sulfide) groups is 1. The van der Waals surface area contributed by atoms with Gasteiger partial charge in [0.15, 0.2) is 0 Å². The number of allylic oxidation sites excluding steroid dienone is 1. The minimum atomic E-state index is -0.480. The number of carbonyl (C=O) groups excluding carboxylic acids is 1. The van der Waals surface area contributed by atoms with Crippen molar-refractivity contribution in [3.63, 3.8) is 0 Å². The molecular weight excluding hydrogens is 530 g/mol. The molecule has 1 atom stereocenters. The molecule has 1 amide bonds. The topological polar surface area (TPSA) is 81.1 Å². The Labute approximate surface area is 246 Å². The van der Waals surface area contributed by atoms with Gasteiger partial charge in [0.25, 0.3) is 5.91 Å². The smallest absolute Gasteiger partial charge is 0.255 e. The Hall–Kier alpha value is -4.04. The number of ether oxygens (including phenoxy) is 1. The van der Waals surface area contributed by atoms with E-state index in [9.17, 15) is 4.79 Å². The molecule has 4 aromatic rings. The molecule has 2 heterocycles. The van der Waals surface area contributed by atoms with E-state index in [1.807, 2.05) is 80.1 Å². The largest absolute Gasteiger partial charge is 0.489 e. The predicted octanol–water partition coefficient (Wildman–Crippen LogP) is 7.60. The molecule has 3 aromatic carbocycles. The van der Waals surface area contributed by atoms with E-state index in [1.165, 1.54) is 5.56 Å². The molecule has 1 aliphatic rings. The molecule has 0 saturated heterocycles. The summed E-state index contributed by atoms with van der Waals surface area (Å²) >= 11 is 1.64. The lowest BCUT2D eigenvalue weighted by Gasteiger charge is -2.29. The van der Waals surface area contributed by atoms with Crippen molar-refractivity contribution >= 4 is 29.3 Å². The van der Waals surface area contributed by atoms with Gasteiger partial charge in [-0.15, -0.1) is 5.10 Å². The number of carbonyl (C=O) groups is 1. The normalized spacial score (nSPS) is 14.4. The third-order valence-corrected chi connectivity index (χ3v) is 8.41. The Morgan fingerprint density at radius 3 is 2.61 bits per heavy atom. The van der Waals surface area contributed by atoms with Crippen molar-refractivity contribution in [1.82, 2.24) is 14.8 Å². The molecule has 8 heteroatoms. The molecule has 0 spiro atoms. The highest BCUT2D eigenvalue weighted by atomic mass is 32.2. The fraction of sp³-hybridized carbons (Fsp3) is 0.303. The molecule has 5 rings (SSSR count). The number of hydrogen-bond acceptors (Lipinski definition) is 6. The van der Waals surface area contributed by atoms with Crippen LogP contribution in [0.2, 0.25) is 0 Å².